The maximum atomic E-state index is 10.4. The molecule has 0 amide bonds. The van der Waals surface area contributed by atoms with Crippen molar-refractivity contribution in [3.63, 3.8) is 0 Å². The number of benzene rings is 2. The first-order chi connectivity index (χ1) is 14.2. The summed E-state index contributed by atoms with van der Waals surface area (Å²) in [4.78, 5) is 20.5. The van der Waals surface area contributed by atoms with Crippen molar-refractivity contribution >= 4 is 118 Å². The Hall–Kier alpha value is 0.590. The molecule has 2 aromatic rings. The number of hydrogen-bond donors (Lipinski definition) is 5. The first kappa shape index (κ1) is 39.8. The number of nitrogens with two attached hydrogens (primary N) is 1. The van der Waals surface area contributed by atoms with E-state index in [1.54, 1.807) is 36.4 Å². The summed E-state index contributed by atoms with van der Waals surface area (Å²) >= 11 is 8.30. The highest BCUT2D eigenvalue weighted by atomic mass is 128. The van der Waals surface area contributed by atoms with E-state index in [0.29, 0.717) is 12.8 Å². The SMILES string of the molecule is C.CN.I.II.O=C(O)CCc1cc(I)c(O)c(I)c1.O=C(O)CCc1ccc(O)cc1. The molecule has 0 aromatic heterocycles. The molecule has 0 spiro atoms. The number of aryl methyl sites for hydroxylation is 2. The van der Waals surface area contributed by atoms with Crippen LogP contribution in [0.25, 0.3) is 0 Å². The highest BCUT2D eigenvalue weighted by Gasteiger charge is 2.06. The number of phenols is 2. The molecule has 0 atom stereocenters. The summed E-state index contributed by atoms with van der Waals surface area (Å²) in [6.45, 7) is 0. The van der Waals surface area contributed by atoms with Crippen molar-refractivity contribution in [1.82, 2.24) is 0 Å². The largest absolute Gasteiger partial charge is 0.508 e. The summed E-state index contributed by atoms with van der Waals surface area (Å²) < 4.78 is 1.52. The molecule has 0 unspecified atom stereocenters. The van der Waals surface area contributed by atoms with E-state index in [1.807, 2.05) is 45.2 Å². The number of carboxylic acid groups (broad SMARTS) is 2. The van der Waals surface area contributed by atoms with E-state index in [-0.39, 0.29) is 55.7 Å². The monoisotopic (exact) mass is 1010 g/mol. The zero-order valence-electron chi connectivity index (χ0n) is 16.4. The summed E-state index contributed by atoms with van der Waals surface area (Å²) in [7, 11) is 1.50. The van der Waals surface area contributed by atoms with Gasteiger partial charge in [-0.3, -0.25) is 9.59 Å². The smallest absolute Gasteiger partial charge is 0.303 e. The lowest BCUT2D eigenvalue weighted by Crippen LogP contribution is -1.98. The van der Waals surface area contributed by atoms with Crippen molar-refractivity contribution in [1.29, 1.82) is 0 Å². The molecule has 0 radical (unpaired) electrons. The second-order valence-electron chi connectivity index (χ2n) is 5.36. The van der Waals surface area contributed by atoms with Crippen LogP contribution in [0.15, 0.2) is 36.4 Å². The molecule has 2 aromatic carbocycles. The van der Waals surface area contributed by atoms with E-state index >= 15 is 0 Å². The lowest BCUT2D eigenvalue weighted by atomic mass is 10.1. The molecule has 7 nitrogen and oxygen atoms in total. The van der Waals surface area contributed by atoms with Crippen LogP contribution in [-0.2, 0) is 22.4 Å². The topological polar surface area (TPSA) is 141 Å². The molecule has 0 aliphatic heterocycles. The number of halogens is 5. The van der Waals surface area contributed by atoms with Gasteiger partial charge in [-0.1, -0.05) is 19.6 Å². The van der Waals surface area contributed by atoms with E-state index in [4.69, 9.17) is 15.3 Å². The minimum absolute atomic E-state index is 0. The first-order valence-electron chi connectivity index (χ1n) is 8.29. The Morgan fingerprint density at radius 2 is 1.16 bits per heavy atom. The van der Waals surface area contributed by atoms with Gasteiger partial charge in [-0.15, -0.1) is 24.0 Å². The zero-order chi connectivity index (χ0) is 23.7. The fourth-order valence-corrected chi connectivity index (χ4v) is 3.82. The van der Waals surface area contributed by atoms with Crippen molar-refractivity contribution in [2.24, 2.45) is 5.73 Å². The molecule has 184 valence electrons. The molecule has 6 N–H and O–H groups in total. The van der Waals surface area contributed by atoms with Crippen molar-refractivity contribution in [3.8, 4) is 11.5 Å². The number of hydrogen-bond acceptors (Lipinski definition) is 5. The molecule has 2 rings (SSSR count). The maximum Gasteiger partial charge on any atom is 0.303 e. The van der Waals surface area contributed by atoms with Crippen molar-refractivity contribution < 1.29 is 30.0 Å². The molecule has 0 bridgehead atoms. The molecular formula is C20H28I5NO6. The van der Waals surface area contributed by atoms with Gasteiger partial charge in [0, 0.05) is 50.1 Å². The molecule has 0 heterocycles. The third-order valence-electron chi connectivity index (χ3n) is 3.27. The van der Waals surface area contributed by atoms with Crippen LogP contribution in [0, 0.1) is 7.14 Å². The highest BCUT2D eigenvalue weighted by molar-refractivity contribution is 15.0. The predicted octanol–water partition coefficient (Wildman–Crippen LogP) is 6.63. The lowest BCUT2D eigenvalue weighted by Gasteiger charge is -2.04. The molecule has 0 aliphatic rings. The predicted molar refractivity (Wildman–Crippen MR) is 174 cm³/mol. The van der Waals surface area contributed by atoms with E-state index in [9.17, 15) is 14.7 Å². The van der Waals surface area contributed by atoms with Gasteiger partial charge in [-0.05, 0) is 100 Å². The second kappa shape index (κ2) is 24.7. The van der Waals surface area contributed by atoms with Gasteiger partial charge in [0.05, 0.1) is 7.14 Å². The molecule has 32 heavy (non-hydrogen) atoms. The number of rotatable bonds is 6. The maximum absolute atomic E-state index is 10.4. The van der Waals surface area contributed by atoms with Gasteiger partial charge in [-0.25, -0.2) is 0 Å². The van der Waals surface area contributed by atoms with E-state index in [2.05, 4.69) is 43.0 Å². The van der Waals surface area contributed by atoms with Crippen molar-refractivity contribution in [2.45, 2.75) is 33.1 Å². The summed E-state index contributed by atoms with van der Waals surface area (Å²) in [5.74, 6) is -1.13. The number of carboxylic acids is 2. The number of aromatic hydroxyl groups is 2. The Balaban J connectivity index is -0.000000202. The van der Waals surface area contributed by atoms with Crippen LogP contribution in [0.4, 0.5) is 0 Å². The average molecular weight is 1010 g/mol. The van der Waals surface area contributed by atoms with Crippen LogP contribution in [0.2, 0.25) is 0 Å². The van der Waals surface area contributed by atoms with Crippen molar-refractivity contribution in [3.05, 3.63) is 54.7 Å². The fraction of sp³-hybridized carbons (Fsp3) is 0.300. The molecule has 0 fully saturated rings. The summed E-state index contributed by atoms with van der Waals surface area (Å²) in [5.41, 5.74) is 6.37. The Morgan fingerprint density at radius 1 is 0.812 bits per heavy atom. The quantitative estimate of drug-likeness (QED) is 0.205. The van der Waals surface area contributed by atoms with Crippen LogP contribution < -0.4 is 5.73 Å². The first-order valence-corrected chi connectivity index (χ1v) is 16.7. The van der Waals surface area contributed by atoms with E-state index in [0.717, 1.165) is 18.3 Å². The van der Waals surface area contributed by atoms with Gasteiger partial charge in [0.1, 0.15) is 11.5 Å². The third-order valence-corrected chi connectivity index (χ3v) is 4.91. The molecule has 0 saturated heterocycles. The van der Waals surface area contributed by atoms with Crippen LogP contribution in [-0.4, -0.2) is 39.4 Å². The zero-order valence-corrected chi connectivity index (χ0v) is 27.4. The molecule has 12 heteroatoms. The fourth-order valence-electron chi connectivity index (χ4n) is 1.93. The number of phenolic OH excluding ortho intramolecular Hbond substituents is 2. The molecular weight excluding hydrogens is 985 g/mol. The highest BCUT2D eigenvalue weighted by Crippen LogP contribution is 2.27. The molecule has 0 aliphatic carbocycles. The van der Waals surface area contributed by atoms with Crippen molar-refractivity contribution in [2.75, 3.05) is 7.05 Å². The van der Waals surface area contributed by atoms with Crippen LogP contribution in [0.5, 0.6) is 11.5 Å². The standard InChI is InChI=1S/C9H8I2O3.C9H10O3.CH5N.CH4.I2.HI/c10-6-3-5(1-2-8(12)13)4-7(11)9(6)14;10-8-4-1-7(2-5-8)3-6-9(11)12;1-2;;1-2;/h3-4,14H,1-2H2,(H,12,13);1-2,4-5,10H,3,6H2,(H,11,12);2H2,1H3;1H4;;1H. The normalized spacial score (nSPS) is 8.44. The van der Waals surface area contributed by atoms with E-state index < -0.39 is 11.9 Å². The minimum atomic E-state index is -0.803. The van der Waals surface area contributed by atoms with Crippen LogP contribution >= 0.6 is 106 Å². The minimum Gasteiger partial charge on any atom is -0.508 e. The Bertz CT molecular complexity index is 753. The third kappa shape index (κ3) is 20.0. The van der Waals surface area contributed by atoms with Gasteiger partial charge >= 0.3 is 11.9 Å². The van der Waals surface area contributed by atoms with Crippen LogP contribution in [0.3, 0.4) is 0 Å². The number of aliphatic carboxylic acids is 2. The number of carbonyl (C=O) groups is 2. The Labute approximate surface area is 256 Å². The van der Waals surface area contributed by atoms with Gasteiger partial charge in [0.25, 0.3) is 0 Å². The van der Waals surface area contributed by atoms with Gasteiger partial charge in [-0.2, -0.15) is 0 Å². The Morgan fingerprint density at radius 3 is 1.50 bits per heavy atom. The lowest BCUT2D eigenvalue weighted by molar-refractivity contribution is -0.138. The van der Waals surface area contributed by atoms with Crippen LogP contribution in [0.1, 0.15) is 31.4 Å². The summed E-state index contributed by atoms with van der Waals surface area (Å²) in [6.07, 6.45) is 1.26. The molecule has 0 saturated carbocycles. The second-order valence-corrected chi connectivity index (χ2v) is 7.69. The summed E-state index contributed by atoms with van der Waals surface area (Å²) in [6, 6.07) is 10.2. The Kier molecular flexibility index (Phi) is 30.7. The van der Waals surface area contributed by atoms with Gasteiger partial charge in [0.2, 0.25) is 0 Å². The average Bonchev–Trinajstić information content (AvgIpc) is 2.73. The van der Waals surface area contributed by atoms with Gasteiger partial charge < -0.3 is 26.2 Å². The summed E-state index contributed by atoms with van der Waals surface area (Å²) in [5, 5.41) is 35.3. The van der Waals surface area contributed by atoms with E-state index in [1.165, 1.54) is 7.05 Å². The van der Waals surface area contributed by atoms with Gasteiger partial charge in [0.15, 0.2) is 0 Å².